The molecule has 3 nitrogen and oxygen atoms in total. The molecule has 0 bridgehead atoms. The van der Waals surface area contributed by atoms with Crippen molar-refractivity contribution in [2.45, 2.75) is 217 Å². The van der Waals surface area contributed by atoms with Crippen LogP contribution in [0.15, 0.2) is 23.8 Å². The molecule has 0 aromatic heterocycles. The fraction of sp³-hybridized carbons (Fsp3) is 0.878. The third-order valence-corrected chi connectivity index (χ3v) is 15.9. The van der Waals surface area contributed by atoms with Gasteiger partial charge in [0.05, 0.1) is 0 Å². The van der Waals surface area contributed by atoms with Crippen molar-refractivity contribution in [1.29, 1.82) is 0 Å². The molecule has 0 aromatic rings. The standard InChI is InChI=1S/C49H84O3/c1-11-12-13-14-15-16-17-18-19-20-21-22-23-24-25-26-45(51)52-44(29-30-46(5,6)7)38(4)39-27-31-49(10)41-34-43(50)42-33-36(2)37(3)35-47(42,8)40(41)28-32-48(39,49)9/h18-19,34,36-40,42,44H,11-17,20-33,35H2,1-10H3/b19-18-/t36-,37+,38+,39-,40?,42+,44-,47-,48-,49+/m1/s1. The zero-order valence-corrected chi connectivity index (χ0v) is 36.1. The van der Waals surface area contributed by atoms with Crippen LogP contribution in [-0.2, 0) is 14.3 Å². The maximum atomic E-state index is 13.9. The second-order valence-corrected chi connectivity index (χ2v) is 20.8. The quantitative estimate of drug-likeness (QED) is 0.0714. The average Bonchev–Trinajstić information content (AvgIpc) is 3.36. The smallest absolute Gasteiger partial charge is 0.306 e. The van der Waals surface area contributed by atoms with E-state index in [2.05, 4.69) is 87.5 Å². The van der Waals surface area contributed by atoms with Crippen LogP contribution in [0, 0.1) is 57.2 Å². The number of unbranched alkanes of at least 4 members (excludes halogenated alkanes) is 11. The van der Waals surface area contributed by atoms with Gasteiger partial charge in [-0.2, -0.15) is 0 Å². The van der Waals surface area contributed by atoms with Crippen LogP contribution < -0.4 is 0 Å². The first-order valence-corrected chi connectivity index (χ1v) is 22.7. The summed E-state index contributed by atoms with van der Waals surface area (Å²) < 4.78 is 6.51. The number of esters is 1. The summed E-state index contributed by atoms with van der Waals surface area (Å²) in [6, 6.07) is 0. The van der Waals surface area contributed by atoms with Crippen LogP contribution in [0.1, 0.15) is 210 Å². The number of carbonyl (C=O) groups excluding carboxylic acids is 2. The maximum Gasteiger partial charge on any atom is 0.306 e. The summed E-state index contributed by atoms with van der Waals surface area (Å²) in [6.07, 6.45) is 32.8. The van der Waals surface area contributed by atoms with Crippen molar-refractivity contribution in [1.82, 2.24) is 0 Å². The summed E-state index contributed by atoms with van der Waals surface area (Å²) in [5.74, 6) is 3.25. The van der Waals surface area contributed by atoms with Gasteiger partial charge in [-0.1, -0.05) is 138 Å². The highest BCUT2D eigenvalue weighted by molar-refractivity contribution is 5.94. The van der Waals surface area contributed by atoms with Crippen LogP contribution in [-0.4, -0.2) is 17.9 Å². The molecule has 0 aromatic carbocycles. The van der Waals surface area contributed by atoms with Crippen LogP contribution in [0.3, 0.4) is 0 Å². The molecule has 52 heavy (non-hydrogen) atoms. The lowest BCUT2D eigenvalue weighted by atomic mass is 9.42. The third-order valence-electron chi connectivity index (χ3n) is 15.9. The summed E-state index contributed by atoms with van der Waals surface area (Å²) >= 11 is 0. The van der Waals surface area contributed by atoms with Crippen LogP contribution in [0.4, 0.5) is 0 Å². The Morgan fingerprint density at radius 1 is 0.865 bits per heavy atom. The number of allylic oxidation sites excluding steroid dienone is 4. The monoisotopic (exact) mass is 721 g/mol. The van der Waals surface area contributed by atoms with Crippen molar-refractivity contribution in [2.75, 3.05) is 0 Å². The van der Waals surface area contributed by atoms with Crippen molar-refractivity contribution in [3.05, 3.63) is 23.8 Å². The average molecular weight is 721 g/mol. The number of fused-ring (bicyclic) bond motifs is 5. The molecule has 3 heteroatoms. The van der Waals surface area contributed by atoms with E-state index in [0.29, 0.717) is 41.8 Å². The highest BCUT2D eigenvalue weighted by Crippen LogP contribution is 2.72. The van der Waals surface area contributed by atoms with Crippen LogP contribution in [0.2, 0.25) is 0 Å². The van der Waals surface area contributed by atoms with Crippen molar-refractivity contribution in [3.8, 4) is 0 Å². The molecule has 0 spiro atoms. The Bertz CT molecular complexity index is 1210. The minimum atomic E-state index is -0.0405. The van der Waals surface area contributed by atoms with E-state index in [1.54, 1.807) is 0 Å². The van der Waals surface area contributed by atoms with Crippen molar-refractivity contribution < 1.29 is 14.3 Å². The van der Waals surface area contributed by atoms with E-state index in [9.17, 15) is 9.59 Å². The van der Waals surface area contributed by atoms with Gasteiger partial charge in [-0.15, -0.1) is 0 Å². The number of rotatable bonds is 20. The second-order valence-electron chi connectivity index (χ2n) is 20.8. The normalized spacial score (nSPS) is 34.4. The van der Waals surface area contributed by atoms with Gasteiger partial charge in [0.2, 0.25) is 0 Å². The first-order valence-electron chi connectivity index (χ1n) is 22.7. The molecule has 4 rings (SSSR count). The van der Waals surface area contributed by atoms with Crippen molar-refractivity contribution in [3.63, 3.8) is 0 Å². The SMILES string of the molecule is CCCCCCCC/C=C\CCCCCCCC(=O)O[C@H](CCC(C)(C)C)[C@@H](C)[C@H]1CC[C@@]2(C)C3=CC(=O)[C@@H]4C[C@@H](C)[C@@H](C)C[C@]4(C)C3CC[C@]12C. The summed E-state index contributed by atoms with van der Waals surface area (Å²) in [7, 11) is 0. The molecule has 1 unspecified atom stereocenters. The zero-order chi connectivity index (χ0) is 38.2. The van der Waals surface area contributed by atoms with E-state index in [-0.39, 0.29) is 39.7 Å². The first kappa shape index (κ1) is 43.3. The third kappa shape index (κ3) is 10.3. The molecular formula is C49H84O3. The molecule has 0 saturated heterocycles. The fourth-order valence-corrected chi connectivity index (χ4v) is 12.0. The number of ether oxygens (including phenoxy) is 1. The zero-order valence-electron chi connectivity index (χ0n) is 36.1. The lowest BCUT2D eigenvalue weighted by molar-refractivity contribution is -0.156. The largest absolute Gasteiger partial charge is 0.462 e. The van der Waals surface area contributed by atoms with Gasteiger partial charge in [0, 0.05) is 12.3 Å². The molecule has 10 atom stereocenters. The minimum Gasteiger partial charge on any atom is -0.462 e. The van der Waals surface area contributed by atoms with E-state index in [1.807, 2.05) is 0 Å². The summed E-state index contributed by atoms with van der Waals surface area (Å²) in [6.45, 7) is 24.0. The van der Waals surface area contributed by atoms with E-state index in [4.69, 9.17) is 4.74 Å². The molecular weight excluding hydrogens is 637 g/mol. The van der Waals surface area contributed by atoms with Crippen LogP contribution in [0.5, 0.6) is 0 Å². The summed E-state index contributed by atoms with van der Waals surface area (Å²) in [5.41, 5.74) is 1.94. The van der Waals surface area contributed by atoms with Gasteiger partial charge >= 0.3 is 5.97 Å². The number of carbonyl (C=O) groups is 2. The van der Waals surface area contributed by atoms with Gasteiger partial charge in [0.25, 0.3) is 0 Å². The Labute approximate surface area is 322 Å². The maximum absolute atomic E-state index is 13.9. The highest BCUT2D eigenvalue weighted by atomic mass is 16.5. The van der Waals surface area contributed by atoms with Gasteiger partial charge in [0.1, 0.15) is 6.10 Å². The molecule has 3 saturated carbocycles. The van der Waals surface area contributed by atoms with Crippen LogP contribution >= 0.6 is 0 Å². The molecule has 4 aliphatic rings. The number of hydrogen-bond donors (Lipinski definition) is 0. The van der Waals surface area contributed by atoms with Gasteiger partial charge < -0.3 is 4.74 Å². The van der Waals surface area contributed by atoms with Crippen molar-refractivity contribution >= 4 is 11.8 Å². The molecule has 298 valence electrons. The Morgan fingerprint density at radius 3 is 2.12 bits per heavy atom. The van der Waals surface area contributed by atoms with Gasteiger partial charge in [-0.3, -0.25) is 9.59 Å². The van der Waals surface area contributed by atoms with E-state index in [0.717, 1.165) is 44.9 Å². The topological polar surface area (TPSA) is 43.4 Å². The summed E-state index contributed by atoms with van der Waals surface area (Å²) in [4.78, 5) is 27.3. The Morgan fingerprint density at radius 2 is 1.48 bits per heavy atom. The molecule has 0 heterocycles. The van der Waals surface area contributed by atoms with E-state index >= 15 is 0 Å². The van der Waals surface area contributed by atoms with Gasteiger partial charge in [-0.05, 0) is 141 Å². The van der Waals surface area contributed by atoms with Crippen LogP contribution in [0.25, 0.3) is 0 Å². The molecule has 0 radical (unpaired) electrons. The lowest BCUT2D eigenvalue weighted by Gasteiger charge is -2.61. The van der Waals surface area contributed by atoms with E-state index in [1.165, 1.54) is 95.5 Å². The second kappa shape index (κ2) is 19.0. The molecule has 4 aliphatic carbocycles. The first-order chi connectivity index (χ1) is 24.6. The predicted molar refractivity (Wildman–Crippen MR) is 221 cm³/mol. The van der Waals surface area contributed by atoms with Gasteiger partial charge in [-0.25, -0.2) is 0 Å². The minimum absolute atomic E-state index is 0.0122. The summed E-state index contributed by atoms with van der Waals surface area (Å²) in [5, 5.41) is 0. The van der Waals surface area contributed by atoms with Crippen molar-refractivity contribution in [2.24, 2.45) is 57.2 Å². The predicted octanol–water partition coefficient (Wildman–Crippen LogP) is 14.4. The Hall–Kier alpha value is -1.38. The lowest BCUT2D eigenvalue weighted by Crippen LogP contribution is -2.56. The highest BCUT2D eigenvalue weighted by Gasteiger charge is 2.65. The molecule has 0 aliphatic heterocycles. The molecule has 0 amide bonds. The van der Waals surface area contributed by atoms with Gasteiger partial charge in [0.15, 0.2) is 5.78 Å². The molecule has 0 N–H and O–H groups in total. The number of hydrogen-bond acceptors (Lipinski definition) is 3. The number of ketones is 1. The Balaban J connectivity index is 1.30. The Kier molecular flexibility index (Phi) is 15.8. The fourth-order valence-electron chi connectivity index (χ4n) is 12.0. The molecule has 3 fully saturated rings. The van der Waals surface area contributed by atoms with E-state index < -0.39 is 0 Å².